The van der Waals surface area contributed by atoms with Crippen molar-refractivity contribution in [3.05, 3.63) is 65.5 Å². The van der Waals surface area contributed by atoms with Gasteiger partial charge in [-0.15, -0.1) is 0 Å². The number of benzene rings is 1. The zero-order valence-electron chi connectivity index (χ0n) is 14.1. The zero-order chi connectivity index (χ0) is 18.1. The molecule has 5 nitrogen and oxygen atoms in total. The van der Waals surface area contributed by atoms with Crippen LogP contribution in [0.3, 0.4) is 0 Å². The number of ether oxygens (including phenoxy) is 1. The van der Waals surface area contributed by atoms with Crippen molar-refractivity contribution in [3.63, 3.8) is 0 Å². The van der Waals surface area contributed by atoms with E-state index in [0.717, 1.165) is 11.8 Å². The summed E-state index contributed by atoms with van der Waals surface area (Å²) in [7, 11) is 0. The molecule has 26 heavy (non-hydrogen) atoms. The summed E-state index contributed by atoms with van der Waals surface area (Å²) in [4.78, 5) is 20.6. The van der Waals surface area contributed by atoms with Crippen LogP contribution in [0.15, 0.2) is 42.6 Å². The number of aromatic nitrogens is 1. The van der Waals surface area contributed by atoms with Gasteiger partial charge in [-0.05, 0) is 29.8 Å². The molecule has 0 unspecified atom stereocenters. The highest BCUT2D eigenvalue weighted by atomic mass is 19.2. The SMILES string of the molecule is O=C1CO[C@H]2CN(Cc3ccc(F)c(F)c3)C[C@H]2N1Cc1ccccn1. The fourth-order valence-corrected chi connectivity index (χ4v) is 3.64. The second-order valence-electron chi connectivity index (χ2n) is 6.70. The smallest absolute Gasteiger partial charge is 0.249 e. The van der Waals surface area contributed by atoms with Gasteiger partial charge >= 0.3 is 0 Å². The standard InChI is InChI=1S/C19H19F2N3O2/c20-15-5-4-13(7-16(15)21)8-23-10-17-18(11-23)26-12-19(25)24(17)9-14-3-1-2-6-22-14/h1-7,17-18H,8-12H2/t17-,18+/m1/s1. The topological polar surface area (TPSA) is 45.7 Å². The Labute approximate surface area is 150 Å². The Morgan fingerprint density at radius 3 is 2.77 bits per heavy atom. The lowest BCUT2D eigenvalue weighted by atomic mass is 10.1. The Morgan fingerprint density at radius 1 is 1.12 bits per heavy atom. The van der Waals surface area contributed by atoms with E-state index in [0.29, 0.717) is 31.7 Å². The maximum absolute atomic E-state index is 13.4. The van der Waals surface area contributed by atoms with Crippen LogP contribution in [0.5, 0.6) is 0 Å². The van der Waals surface area contributed by atoms with E-state index < -0.39 is 11.6 Å². The van der Waals surface area contributed by atoms with Crippen molar-refractivity contribution in [3.8, 4) is 0 Å². The van der Waals surface area contributed by atoms with Crippen LogP contribution in [0.2, 0.25) is 0 Å². The first-order valence-corrected chi connectivity index (χ1v) is 8.57. The zero-order valence-corrected chi connectivity index (χ0v) is 14.1. The summed E-state index contributed by atoms with van der Waals surface area (Å²) in [6.45, 7) is 2.27. The molecule has 2 aliphatic rings. The number of carbonyl (C=O) groups excluding carboxylic acids is 1. The van der Waals surface area contributed by atoms with Gasteiger partial charge < -0.3 is 9.64 Å². The predicted octanol–water partition coefficient (Wildman–Crippen LogP) is 1.97. The minimum Gasteiger partial charge on any atom is -0.365 e. The minimum absolute atomic E-state index is 0.0495. The fourth-order valence-electron chi connectivity index (χ4n) is 3.64. The summed E-state index contributed by atoms with van der Waals surface area (Å²) >= 11 is 0. The molecule has 4 rings (SSSR count). The van der Waals surface area contributed by atoms with E-state index in [1.165, 1.54) is 6.07 Å². The molecule has 2 aromatic rings. The average molecular weight is 359 g/mol. The predicted molar refractivity (Wildman–Crippen MR) is 90.0 cm³/mol. The van der Waals surface area contributed by atoms with Crippen molar-refractivity contribution in [2.75, 3.05) is 19.7 Å². The molecule has 0 saturated carbocycles. The van der Waals surface area contributed by atoms with Gasteiger partial charge in [-0.1, -0.05) is 12.1 Å². The van der Waals surface area contributed by atoms with Gasteiger partial charge in [-0.2, -0.15) is 0 Å². The first-order chi connectivity index (χ1) is 12.6. The minimum atomic E-state index is -0.848. The lowest BCUT2D eigenvalue weighted by molar-refractivity contribution is -0.154. The lowest BCUT2D eigenvalue weighted by Crippen LogP contribution is -2.53. The molecule has 1 aromatic carbocycles. The molecule has 0 N–H and O–H groups in total. The summed E-state index contributed by atoms with van der Waals surface area (Å²) in [5.74, 6) is -1.74. The highest BCUT2D eigenvalue weighted by Gasteiger charge is 2.43. The summed E-state index contributed by atoms with van der Waals surface area (Å²) < 4.78 is 32.2. The van der Waals surface area contributed by atoms with Gasteiger partial charge in [0.25, 0.3) is 0 Å². The van der Waals surface area contributed by atoms with Crippen molar-refractivity contribution in [2.24, 2.45) is 0 Å². The second-order valence-corrected chi connectivity index (χ2v) is 6.70. The number of amides is 1. The van der Waals surface area contributed by atoms with E-state index in [1.54, 1.807) is 12.3 Å². The van der Waals surface area contributed by atoms with Crippen molar-refractivity contribution in [1.82, 2.24) is 14.8 Å². The molecule has 7 heteroatoms. The Kier molecular flexibility index (Phi) is 4.65. The highest BCUT2D eigenvalue weighted by molar-refractivity contribution is 5.78. The van der Waals surface area contributed by atoms with E-state index in [2.05, 4.69) is 9.88 Å². The van der Waals surface area contributed by atoms with Gasteiger partial charge in [0, 0.05) is 25.8 Å². The van der Waals surface area contributed by atoms with Crippen molar-refractivity contribution in [2.45, 2.75) is 25.2 Å². The van der Waals surface area contributed by atoms with Crippen LogP contribution in [0, 0.1) is 11.6 Å². The molecule has 2 aliphatic heterocycles. The molecular weight excluding hydrogens is 340 g/mol. The number of carbonyl (C=O) groups is 1. The number of hydrogen-bond acceptors (Lipinski definition) is 4. The summed E-state index contributed by atoms with van der Waals surface area (Å²) in [6, 6.07) is 9.50. The van der Waals surface area contributed by atoms with Crippen LogP contribution in [0.25, 0.3) is 0 Å². The number of halogens is 2. The molecule has 0 bridgehead atoms. The number of morpholine rings is 1. The molecule has 0 radical (unpaired) electrons. The number of nitrogens with zero attached hydrogens (tertiary/aromatic N) is 3. The Bertz CT molecular complexity index is 803. The summed E-state index contributed by atoms with van der Waals surface area (Å²) in [5, 5.41) is 0. The van der Waals surface area contributed by atoms with Gasteiger partial charge in [0.2, 0.25) is 5.91 Å². The van der Waals surface area contributed by atoms with Crippen molar-refractivity contribution in [1.29, 1.82) is 0 Å². The van der Waals surface area contributed by atoms with Gasteiger partial charge in [0.05, 0.1) is 24.4 Å². The molecule has 136 valence electrons. The van der Waals surface area contributed by atoms with Gasteiger partial charge in [0.15, 0.2) is 11.6 Å². The maximum atomic E-state index is 13.4. The largest absolute Gasteiger partial charge is 0.365 e. The van der Waals surface area contributed by atoms with Crippen LogP contribution in [0.4, 0.5) is 8.78 Å². The Hall–Kier alpha value is -2.38. The number of rotatable bonds is 4. The molecular formula is C19H19F2N3O2. The number of likely N-dealkylation sites (tertiary alicyclic amines) is 1. The lowest BCUT2D eigenvalue weighted by Gasteiger charge is -2.36. The van der Waals surface area contributed by atoms with Crippen LogP contribution < -0.4 is 0 Å². The molecule has 1 amide bonds. The van der Waals surface area contributed by atoms with E-state index in [4.69, 9.17) is 4.74 Å². The van der Waals surface area contributed by atoms with E-state index in [1.807, 2.05) is 23.1 Å². The quantitative estimate of drug-likeness (QED) is 0.837. The van der Waals surface area contributed by atoms with E-state index >= 15 is 0 Å². The van der Waals surface area contributed by atoms with Crippen LogP contribution in [0.1, 0.15) is 11.3 Å². The summed E-state index contributed by atoms with van der Waals surface area (Å²) in [6.07, 6.45) is 1.63. The first kappa shape index (κ1) is 17.1. The summed E-state index contributed by atoms with van der Waals surface area (Å²) in [5.41, 5.74) is 1.53. The molecule has 0 spiro atoms. The molecule has 3 heterocycles. The van der Waals surface area contributed by atoms with E-state index in [-0.39, 0.29) is 24.7 Å². The maximum Gasteiger partial charge on any atom is 0.249 e. The van der Waals surface area contributed by atoms with E-state index in [9.17, 15) is 13.6 Å². The molecule has 2 saturated heterocycles. The van der Waals surface area contributed by atoms with Crippen LogP contribution in [-0.4, -0.2) is 52.5 Å². The van der Waals surface area contributed by atoms with Crippen LogP contribution in [-0.2, 0) is 22.6 Å². The molecule has 2 atom stereocenters. The third-order valence-electron chi connectivity index (χ3n) is 4.90. The van der Waals surface area contributed by atoms with Crippen LogP contribution >= 0.6 is 0 Å². The highest BCUT2D eigenvalue weighted by Crippen LogP contribution is 2.26. The average Bonchev–Trinajstić information content (AvgIpc) is 3.04. The number of fused-ring (bicyclic) bond motifs is 1. The fraction of sp³-hybridized carbons (Fsp3) is 0.368. The first-order valence-electron chi connectivity index (χ1n) is 8.57. The monoisotopic (exact) mass is 359 g/mol. The normalized spacial score (nSPS) is 23.3. The Morgan fingerprint density at radius 2 is 2.00 bits per heavy atom. The third-order valence-corrected chi connectivity index (χ3v) is 4.90. The molecule has 2 fully saturated rings. The van der Waals surface area contributed by atoms with Gasteiger partial charge in [-0.3, -0.25) is 14.7 Å². The van der Waals surface area contributed by atoms with Crippen molar-refractivity contribution >= 4 is 5.91 Å². The third kappa shape index (κ3) is 3.45. The molecule has 0 aliphatic carbocycles. The number of pyridine rings is 1. The van der Waals surface area contributed by atoms with Gasteiger partial charge in [0.1, 0.15) is 6.61 Å². The number of hydrogen-bond donors (Lipinski definition) is 0. The van der Waals surface area contributed by atoms with Crippen molar-refractivity contribution < 1.29 is 18.3 Å². The molecule has 1 aromatic heterocycles. The Balaban J connectivity index is 1.47. The van der Waals surface area contributed by atoms with Gasteiger partial charge in [-0.25, -0.2) is 8.78 Å². The second kappa shape index (κ2) is 7.09.